The van der Waals surface area contributed by atoms with Gasteiger partial charge in [0, 0.05) is 10.9 Å². The first-order chi connectivity index (χ1) is 7.70. The number of aromatic nitrogens is 1. The molecule has 2 rings (SSSR count). The van der Waals surface area contributed by atoms with Crippen LogP contribution in [0, 0.1) is 5.41 Å². The maximum absolute atomic E-state index is 7.29. The molecule has 0 saturated heterocycles. The van der Waals surface area contributed by atoms with Crippen LogP contribution in [0.25, 0.3) is 10.6 Å². The molecular weight excluding hydrogens is 222 g/mol. The van der Waals surface area contributed by atoms with Crippen LogP contribution in [-0.2, 0) is 0 Å². The topological polar surface area (TPSA) is 72.0 Å². The molecule has 0 unspecified atom stereocenters. The number of nitrogens with one attached hydrogen (secondary N) is 1. The third kappa shape index (κ3) is 2.04. The van der Waals surface area contributed by atoms with Gasteiger partial charge in [-0.25, -0.2) is 4.98 Å². The number of amidine groups is 1. The third-order valence-electron chi connectivity index (χ3n) is 2.10. The number of thiazole rings is 1. The van der Waals surface area contributed by atoms with Crippen LogP contribution < -0.4 is 10.5 Å². The highest BCUT2D eigenvalue weighted by Gasteiger charge is 2.06. The molecule has 16 heavy (non-hydrogen) atoms. The third-order valence-corrected chi connectivity index (χ3v) is 2.99. The fraction of sp³-hybridized carbons (Fsp3) is 0.0909. The number of rotatable bonds is 3. The highest BCUT2D eigenvalue weighted by molar-refractivity contribution is 7.13. The number of hydrogen-bond acceptors (Lipinski definition) is 4. The maximum atomic E-state index is 7.29. The Kier molecular flexibility index (Phi) is 2.87. The van der Waals surface area contributed by atoms with Crippen molar-refractivity contribution in [1.82, 2.24) is 4.98 Å². The van der Waals surface area contributed by atoms with E-state index < -0.39 is 0 Å². The summed E-state index contributed by atoms with van der Waals surface area (Å²) in [6, 6.07) is 7.64. The van der Waals surface area contributed by atoms with Gasteiger partial charge in [0.15, 0.2) is 0 Å². The fourth-order valence-corrected chi connectivity index (χ4v) is 2.10. The molecule has 5 heteroatoms. The molecule has 2 aromatic rings. The Morgan fingerprint density at radius 1 is 1.50 bits per heavy atom. The molecule has 0 aliphatic heterocycles. The Labute approximate surface area is 97.2 Å². The van der Waals surface area contributed by atoms with Crippen molar-refractivity contribution in [3.63, 3.8) is 0 Å². The molecule has 1 aromatic carbocycles. The van der Waals surface area contributed by atoms with Gasteiger partial charge in [-0.3, -0.25) is 5.41 Å². The van der Waals surface area contributed by atoms with Crippen LogP contribution in [0.4, 0.5) is 0 Å². The monoisotopic (exact) mass is 233 g/mol. The van der Waals surface area contributed by atoms with E-state index in [1.54, 1.807) is 12.5 Å². The second kappa shape index (κ2) is 4.32. The molecule has 0 fully saturated rings. The number of hydrogen-bond donors (Lipinski definition) is 2. The summed E-state index contributed by atoms with van der Waals surface area (Å²) in [5.41, 5.74) is 6.85. The van der Waals surface area contributed by atoms with Crippen molar-refractivity contribution in [2.45, 2.75) is 0 Å². The summed E-state index contributed by atoms with van der Waals surface area (Å²) in [6.07, 6.45) is 0. The predicted molar refractivity (Wildman–Crippen MR) is 65.1 cm³/mol. The van der Waals surface area contributed by atoms with Crippen molar-refractivity contribution in [3.05, 3.63) is 35.3 Å². The minimum Gasteiger partial charge on any atom is -0.497 e. The highest BCUT2D eigenvalue weighted by atomic mass is 32.1. The van der Waals surface area contributed by atoms with E-state index >= 15 is 0 Å². The first kappa shape index (κ1) is 10.6. The summed E-state index contributed by atoms with van der Waals surface area (Å²) in [7, 11) is 1.63. The van der Waals surface area contributed by atoms with Gasteiger partial charge in [0.2, 0.25) is 0 Å². The highest BCUT2D eigenvalue weighted by Crippen LogP contribution is 2.26. The lowest BCUT2D eigenvalue weighted by Crippen LogP contribution is -2.11. The quantitative estimate of drug-likeness (QED) is 0.630. The SMILES string of the molecule is COc1cccc(-c2nc(C(=N)N)cs2)c1. The molecule has 0 atom stereocenters. The van der Waals surface area contributed by atoms with Crippen molar-refractivity contribution >= 4 is 17.2 Å². The normalized spacial score (nSPS) is 10.1. The number of nitrogens with zero attached hydrogens (tertiary/aromatic N) is 1. The van der Waals surface area contributed by atoms with E-state index in [1.165, 1.54) is 11.3 Å². The van der Waals surface area contributed by atoms with Crippen molar-refractivity contribution in [1.29, 1.82) is 5.41 Å². The van der Waals surface area contributed by atoms with E-state index in [9.17, 15) is 0 Å². The number of benzene rings is 1. The molecule has 0 radical (unpaired) electrons. The molecule has 1 heterocycles. The molecule has 0 bridgehead atoms. The van der Waals surface area contributed by atoms with Crippen molar-refractivity contribution in [2.24, 2.45) is 5.73 Å². The van der Waals surface area contributed by atoms with E-state index in [1.807, 2.05) is 24.3 Å². The lowest BCUT2D eigenvalue weighted by atomic mass is 10.2. The van der Waals surface area contributed by atoms with Crippen LogP contribution >= 0.6 is 11.3 Å². The zero-order chi connectivity index (χ0) is 11.5. The van der Waals surface area contributed by atoms with Gasteiger partial charge in [0.1, 0.15) is 22.3 Å². The van der Waals surface area contributed by atoms with E-state index in [2.05, 4.69) is 4.98 Å². The summed E-state index contributed by atoms with van der Waals surface area (Å²) in [6.45, 7) is 0. The average Bonchev–Trinajstić information content (AvgIpc) is 2.78. The van der Waals surface area contributed by atoms with Crippen LogP contribution in [0.5, 0.6) is 5.75 Å². The molecule has 1 aromatic heterocycles. The molecule has 0 amide bonds. The molecule has 0 aliphatic rings. The zero-order valence-electron chi connectivity index (χ0n) is 8.73. The Bertz CT molecular complexity index is 521. The molecular formula is C11H11N3OS. The zero-order valence-corrected chi connectivity index (χ0v) is 9.54. The van der Waals surface area contributed by atoms with Gasteiger partial charge in [0.25, 0.3) is 0 Å². The predicted octanol–water partition coefficient (Wildman–Crippen LogP) is 2.10. The second-order valence-electron chi connectivity index (χ2n) is 3.18. The smallest absolute Gasteiger partial charge is 0.142 e. The fourth-order valence-electron chi connectivity index (χ4n) is 1.29. The van der Waals surface area contributed by atoms with Gasteiger partial charge in [-0.1, -0.05) is 12.1 Å². The average molecular weight is 233 g/mol. The Morgan fingerprint density at radius 3 is 2.94 bits per heavy atom. The molecule has 0 aliphatic carbocycles. The van der Waals surface area contributed by atoms with Gasteiger partial charge in [-0.2, -0.15) is 0 Å². The maximum Gasteiger partial charge on any atom is 0.142 e. The summed E-state index contributed by atoms with van der Waals surface area (Å²) >= 11 is 1.46. The van der Waals surface area contributed by atoms with Crippen LogP contribution in [-0.4, -0.2) is 17.9 Å². The lowest BCUT2D eigenvalue weighted by molar-refractivity contribution is 0.415. The van der Waals surface area contributed by atoms with E-state index in [0.29, 0.717) is 5.69 Å². The van der Waals surface area contributed by atoms with E-state index in [4.69, 9.17) is 15.9 Å². The molecule has 0 saturated carbocycles. The largest absolute Gasteiger partial charge is 0.497 e. The van der Waals surface area contributed by atoms with Crippen molar-refractivity contribution in [3.8, 4) is 16.3 Å². The molecule has 82 valence electrons. The Hall–Kier alpha value is -1.88. The van der Waals surface area contributed by atoms with Gasteiger partial charge in [-0.05, 0) is 12.1 Å². The first-order valence-corrected chi connectivity index (χ1v) is 5.53. The number of ether oxygens (including phenoxy) is 1. The second-order valence-corrected chi connectivity index (χ2v) is 4.04. The van der Waals surface area contributed by atoms with Gasteiger partial charge in [-0.15, -0.1) is 11.3 Å². The van der Waals surface area contributed by atoms with Gasteiger partial charge >= 0.3 is 0 Å². The van der Waals surface area contributed by atoms with Crippen LogP contribution in [0.15, 0.2) is 29.6 Å². The number of nitrogen functional groups attached to an aromatic ring is 1. The van der Waals surface area contributed by atoms with Crippen LogP contribution in [0.2, 0.25) is 0 Å². The van der Waals surface area contributed by atoms with Crippen LogP contribution in [0.1, 0.15) is 5.69 Å². The number of nitrogens with two attached hydrogens (primary N) is 1. The minimum atomic E-state index is -0.00889. The molecule has 4 nitrogen and oxygen atoms in total. The van der Waals surface area contributed by atoms with Gasteiger partial charge < -0.3 is 10.5 Å². The van der Waals surface area contributed by atoms with Crippen LogP contribution in [0.3, 0.4) is 0 Å². The minimum absolute atomic E-state index is 0.00889. The summed E-state index contributed by atoms with van der Waals surface area (Å²) in [5, 5.41) is 9.90. The molecule has 3 N–H and O–H groups in total. The molecule has 0 spiro atoms. The van der Waals surface area contributed by atoms with E-state index in [-0.39, 0.29) is 5.84 Å². The van der Waals surface area contributed by atoms with Crippen molar-refractivity contribution in [2.75, 3.05) is 7.11 Å². The summed E-state index contributed by atoms with van der Waals surface area (Å²) in [4.78, 5) is 4.27. The number of methoxy groups -OCH3 is 1. The van der Waals surface area contributed by atoms with Gasteiger partial charge in [0.05, 0.1) is 7.11 Å². The lowest BCUT2D eigenvalue weighted by Gasteiger charge is -2.01. The van der Waals surface area contributed by atoms with E-state index in [0.717, 1.165) is 16.3 Å². The summed E-state index contributed by atoms with van der Waals surface area (Å²) in [5.74, 6) is 0.780. The Morgan fingerprint density at radius 2 is 2.31 bits per heavy atom. The standard InChI is InChI=1S/C11H11N3OS/c1-15-8-4-2-3-7(5-8)11-14-9(6-16-11)10(12)13/h2-6H,1H3,(H3,12,13). The Balaban J connectivity index is 2.38. The summed E-state index contributed by atoms with van der Waals surface area (Å²) < 4.78 is 5.14. The first-order valence-electron chi connectivity index (χ1n) is 4.65. The van der Waals surface area contributed by atoms with Crippen molar-refractivity contribution < 1.29 is 4.74 Å².